The van der Waals surface area contributed by atoms with Crippen LogP contribution in [0.1, 0.15) is 18.8 Å². The van der Waals surface area contributed by atoms with E-state index in [0.717, 1.165) is 6.07 Å². The van der Waals surface area contributed by atoms with Crippen molar-refractivity contribution in [1.82, 2.24) is 9.97 Å². The minimum atomic E-state index is -0.983. The van der Waals surface area contributed by atoms with Crippen LogP contribution in [0, 0.1) is 11.6 Å². The van der Waals surface area contributed by atoms with Crippen LogP contribution in [0.25, 0.3) is 0 Å². The molecule has 2 rings (SSSR count). The van der Waals surface area contributed by atoms with Crippen molar-refractivity contribution in [1.29, 1.82) is 0 Å². The number of anilines is 2. The molecule has 1 unspecified atom stereocenters. The van der Waals surface area contributed by atoms with Gasteiger partial charge in [-0.15, -0.1) is 0 Å². The number of aromatic amines is 1. The molecule has 6 heteroatoms. The number of hydrogen-bond donors (Lipinski definition) is 3. The fraction of sp³-hybridized carbons (Fsp3) is 0.182. The van der Waals surface area contributed by atoms with Crippen LogP contribution >= 0.6 is 0 Å². The number of aromatic nitrogens is 2. The van der Waals surface area contributed by atoms with Gasteiger partial charge in [0.1, 0.15) is 5.82 Å². The van der Waals surface area contributed by atoms with E-state index in [9.17, 15) is 8.78 Å². The molecule has 0 aliphatic rings. The number of nitrogens with zero attached hydrogens (tertiary/aromatic N) is 1. The molecule has 0 aliphatic heterocycles. The number of H-pyrrole nitrogens is 1. The van der Waals surface area contributed by atoms with Crippen LogP contribution in [-0.4, -0.2) is 9.97 Å². The van der Waals surface area contributed by atoms with Gasteiger partial charge in [0, 0.05) is 12.4 Å². The summed E-state index contributed by atoms with van der Waals surface area (Å²) in [5.41, 5.74) is 5.70. The van der Waals surface area contributed by atoms with Crippen LogP contribution in [0.3, 0.4) is 0 Å². The zero-order valence-electron chi connectivity index (χ0n) is 9.17. The summed E-state index contributed by atoms with van der Waals surface area (Å²) < 4.78 is 26.6. The SMILES string of the molecule is CC(Nc1c(N)ccc(F)c1F)c1ncc[nH]1. The highest BCUT2D eigenvalue weighted by atomic mass is 19.2. The van der Waals surface area contributed by atoms with Gasteiger partial charge in [-0.3, -0.25) is 0 Å². The average molecular weight is 238 g/mol. The third-order valence-corrected chi connectivity index (χ3v) is 2.42. The lowest BCUT2D eigenvalue weighted by molar-refractivity contribution is 0.510. The number of halogens is 2. The Bertz CT molecular complexity index is 510. The Labute approximate surface area is 96.9 Å². The fourth-order valence-corrected chi connectivity index (χ4v) is 1.51. The summed E-state index contributed by atoms with van der Waals surface area (Å²) in [6.07, 6.45) is 3.23. The number of nitrogens with one attached hydrogen (secondary N) is 2. The summed E-state index contributed by atoms with van der Waals surface area (Å²) >= 11 is 0. The standard InChI is InChI=1S/C11H12F2N4/c1-6(11-15-4-5-16-11)17-10-8(14)3-2-7(12)9(10)13/h2-6,17H,14H2,1H3,(H,15,16). The Morgan fingerprint density at radius 2 is 2.18 bits per heavy atom. The van der Waals surface area contributed by atoms with Gasteiger partial charge in [-0.05, 0) is 19.1 Å². The molecule has 1 aromatic carbocycles. The van der Waals surface area contributed by atoms with Crippen molar-refractivity contribution in [2.45, 2.75) is 13.0 Å². The van der Waals surface area contributed by atoms with Crippen LogP contribution in [-0.2, 0) is 0 Å². The van der Waals surface area contributed by atoms with Gasteiger partial charge < -0.3 is 16.0 Å². The number of nitrogen functional groups attached to an aromatic ring is 1. The van der Waals surface area contributed by atoms with Crippen molar-refractivity contribution >= 4 is 11.4 Å². The van der Waals surface area contributed by atoms with E-state index in [1.165, 1.54) is 6.07 Å². The predicted molar refractivity (Wildman–Crippen MR) is 61.4 cm³/mol. The molecule has 1 heterocycles. The first-order valence-electron chi connectivity index (χ1n) is 5.09. The molecule has 0 aliphatic carbocycles. The average Bonchev–Trinajstić information content (AvgIpc) is 2.83. The maximum Gasteiger partial charge on any atom is 0.183 e. The van der Waals surface area contributed by atoms with E-state index in [4.69, 9.17) is 5.73 Å². The quantitative estimate of drug-likeness (QED) is 0.719. The summed E-state index contributed by atoms with van der Waals surface area (Å²) in [6.45, 7) is 1.77. The minimum absolute atomic E-state index is 0.0473. The van der Waals surface area contributed by atoms with Crippen molar-refractivity contribution in [2.75, 3.05) is 11.1 Å². The molecule has 2 aromatic rings. The van der Waals surface area contributed by atoms with Crippen LogP contribution in [0.5, 0.6) is 0 Å². The van der Waals surface area contributed by atoms with Gasteiger partial charge in [-0.2, -0.15) is 0 Å². The summed E-state index contributed by atoms with van der Waals surface area (Å²) in [7, 11) is 0. The van der Waals surface area contributed by atoms with Gasteiger partial charge in [0.15, 0.2) is 11.6 Å². The molecule has 4 nitrogen and oxygen atoms in total. The molecule has 1 atom stereocenters. The first-order chi connectivity index (χ1) is 8.09. The Kier molecular flexibility index (Phi) is 2.95. The first-order valence-corrected chi connectivity index (χ1v) is 5.09. The van der Waals surface area contributed by atoms with Crippen molar-refractivity contribution in [3.63, 3.8) is 0 Å². The Morgan fingerprint density at radius 3 is 2.82 bits per heavy atom. The summed E-state index contributed by atoms with van der Waals surface area (Å²) in [5, 5.41) is 2.79. The third kappa shape index (κ3) is 2.20. The molecular formula is C11H12F2N4. The van der Waals surface area contributed by atoms with E-state index >= 15 is 0 Å². The topological polar surface area (TPSA) is 66.7 Å². The highest BCUT2D eigenvalue weighted by molar-refractivity contribution is 5.67. The molecule has 17 heavy (non-hydrogen) atoms. The van der Waals surface area contributed by atoms with Gasteiger partial charge in [-0.1, -0.05) is 0 Å². The van der Waals surface area contributed by atoms with Gasteiger partial charge in [0.05, 0.1) is 17.4 Å². The number of hydrogen-bond acceptors (Lipinski definition) is 3. The second kappa shape index (κ2) is 4.40. The predicted octanol–water partition coefficient (Wildman–Crippen LogP) is 2.44. The molecule has 0 saturated carbocycles. The van der Waals surface area contributed by atoms with E-state index < -0.39 is 11.6 Å². The number of imidazole rings is 1. The van der Waals surface area contributed by atoms with Crippen LogP contribution in [0.15, 0.2) is 24.5 Å². The second-order valence-corrected chi connectivity index (χ2v) is 3.67. The molecule has 90 valence electrons. The Hall–Kier alpha value is -2.11. The van der Waals surface area contributed by atoms with Gasteiger partial charge in [0.2, 0.25) is 0 Å². The Balaban J connectivity index is 2.27. The highest BCUT2D eigenvalue weighted by Gasteiger charge is 2.15. The van der Waals surface area contributed by atoms with E-state index in [-0.39, 0.29) is 17.4 Å². The third-order valence-electron chi connectivity index (χ3n) is 2.42. The molecular weight excluding hydrogens is 226 g/mol. The zero-order chi connectivity index (χ0) is 12.4. The van der Waals surface area contributed by atoms with Crippen LogP contribution < -0.4 is 11.1 Å². The van der Waals surface area contributed by atoms with Gasteiger partial charge >= 0.3 is 0 Å². The highest BCUT2D eigenvalue weighted by Crippen LogP contribution is 2.27. The van der Waals surface area contributed by atoms with Crippen molar-refractivity contribution in [3.05, 3.63) is 42.0 Å². The Morgan fingerprint density at radius 1 is 1.41 bits per heavy atom. The molecule has 4 N–H and O–H groups in total. The van der Waals surface area contributed by atoms with E-state index in [1.807, 2.05) is 0 Å². The smallest absolute Gasteiger partial charge is 0.183 e. The molecule has 0 radical (unpaired) electrons. The fourth-order valence-electron chi connectivity index (χ4n) is 1.51. The molecule has 1 aromatic heterocycles. The lowest BCUT2D eigenvalue weighted by Crippen LogP contribution is -2.12. The summed E-state index contributed by atoms with van der Waals surface area (Å²) in [6, 6.07) is 2.01. The molecule has 0 amide bonds. The monoisotopic (exact) mass is 238 g/mol. The lowest BCUT2D eigenvalue weighted by atomic mass is 10.2. The summed E-state index contributed by atoms with van der Waals surface area (Å²) in [4.78, 5) is 6.90. The van der Waals surface area contributed by atoms with Crippen LogP contribution in [0.2, 0.25) is 0 Å². The van der Waals surface area contributed by atoms with Crippen LogP contribution in [0.4, 0.5) is 20.2 Å². The normalized spacial score (nSPS) is 12.4. The molecule has 0 fully saturated rings. The minimum Gasteiger partial charge on any atom is -0.397 e. The van der Waals surface area contributed by atoms with Crippen molar-refractivity contribution < 1.29 is 8.78 Å². The van der Waals surface area contributed by atoms with Crippen molar-refractivity contribution in [3.8, 4) is 0 Å². The molecule has 0 bridgehead atoms. The number of benzene rings is 1. The molecule has 0 spiro atoms. The number of rotatable bonds is 3. The maximum absolute atomic E-state index is 13.5. The molecule has 0 saturated heterocycles. The maximum atomic E-state index is 13.5. The van der Waals surface area contributed by atoms with E-state index in [0.29, 0.717) is 5.82 Å². The first kappa shape index (κ1) is 11.4. The van der Waals surface area contributed by atoms with Gasteiger partial charge in [0.25, 0.3) is 0 Å². The van der Waals surface area contributed by atoms with E-state index in [2.05, 4.69) is 15.3 Å². The van der Waals surface area contributed by atoms with Gasteiger partial charge in [-0.25, -0.2) is 13.8 Å². The second-order valence-electron chi connectivity index (χ2n) is 3.67. The summed E-state index contributed by atoms with van der Waals surface area (Å²) in [5.74, 6) is -1.30. The largest absolute Gasteiger partial charge is 0.397 e. The number of nitrogens with two attached hydrogens (primary N) is 1. The lowest BCUT2D eigenvalue weighted by Gasteiger charge is -2.15. The van der Waals surface area contributed by atoms with E-state index in [1.54, 1.807) is 19.3 Å². The zero-order valence-corrected chi connectivity index (χ0v) is 9.17. The van der Waals surface area contributed by atoms with Crippen molar-refractivity contribution in [2.24, 2.45) is 0 Å².